The summed E-state index contributed by atoms with van der Waals surface area (Å²) in [7, 11) is 0. The van der Waals surface area contributed by atoms with Crippen molar-refractivity contribution in [3.63, 3.8) is 0 Å². The number of carbonyl (C=O) groups excluding carboxylic acids is 1. The summed E-state index contributed by atoms with van der Waals surface area (Å²) in [5.41, 5.74) is 3.52. The second-order valence-electron chi connectivity index (χ2n) is 7.18. The van der Waals surface area contributed by atoms with Crippen LogP contribution in [0, 0.1) is 6.92 Å². The van der Waals surface area contributed by atoms with E-state index in [9.17, 15) is 4.79 Å². The molecular weight excluding hydrogens is 314 g/mol. The predicted octanol–water partition coefficient (Wildman–Crippen LogP) is 2.75. The lowest BCUT2D eigenvalue weighted by Crippen LogP contribution is -2.49. The van der Waals surface area contributed by atoms with Crippen LogP contribution in [-0.4, -0.2) is 47.0 Å². The molecule has 1 amide bonds. The third-order valence-corrected chi connectivity index (χ3v) is 5.41. The second-order valence-corrected chi connectivity index (χ2v) is 7.18. The van der Waals surface area contributed by atoms with E-state index in [4.69, 9.17) is 4.52 Å². The van der Waals surface area contributed by atoms with Crippen molar-refractivity contribution in [2.45, 2.75) is 38.6 Å². The second kappa shape index (κ2) is 7.00. The predicted molar refractivity (Wildman–Crippen MR) is 95.2 cm³/mol. The lowest BCUT2D eigenvalue weighted by molar-refractivity contribution is -0.135. The number of aromatic nitrogens is 1. The van der Waals surface area contributed by atoms with Gasteiger partial charge in [0.25, 0.3) is 0 Å². The summed E-state index contributed by atoms with van der Waals surface area (Å²) in [4.78, 5) is 17.4. The Morgan fingerprint density at radius 3 is 2.80 bits per heavy atom. The van der Waals surface area contributed by atoms with E-state index >= 15 is 0 Å². The van der Waals surface area contributed by atoms with Crippen molar-refractivity contribution in [2.24, 2.45) is 0 Å². The number of nitrogens with zero attached hydrogens (tertiary/aromatic N) is 3. The number of fused-ring (bicyclic) bond motifs is 1. The van der Waals surface area contributed by atoms with E-state index in [-0.39, 0.29) is 5.92 Å². The van der Waals surface area contributed by atoms with Gasteiger partial charge in [-0.2, -0.15) is 0 Å². The van der Waals surface area contributed by atoms with E-state index in [1.165, 1.54) is 11.1 Å². The minimum atomic E-state index is 0.0495. The molecule has 4 rings (SSSR count). The molecule has 5 nitrogen and oxygen atoms in total. The molecule has 1 aromatic heterocycles. The summed E-state index contributed by atoms with van der Waals surface area (Å²) in [5.74, 6) is 1.26. The summed E-state index contributed by atoms with van der Waals surface area (Å²) < 4.78 is 5.30. The lowest BCUT2D eigenvalue weighted by Gasteiger charge is -2.37. The maximum absolute atomic E-state index is 13.1. The molecule has 1 aromatic carbocycles. The maximum Gasteiger partial charge on any atom is 0.230 e. The monoisotopic (exact) mass is 339 g/mol. The van der Waals surface area contributed by atoms with Gasteiger partial charge in [0.2, 0.25) is 5.91 Å². The third kappa shape index (κ3) is 3.47. The fourth-order valence-corrected chi connectivity index (χ4v) is 4.07. The average Bonchev–Trinajstić information content (AvgIpc) is 3.06. The zero-order valence-corrected chi connectivity index (χ0v) is 14.8. The van der Waals surface area contributed by atoms with Gasteiger partial charge < -0.3 is 9.42 Å². The van der Waals surface area contributed by atoms with Gasteiger partial charge in [0.05, 0.1) is 18.2 Å². The first kappa shape index (κ1) is 16.3. The van der Waals surface area contributed by atoms with Crippen LogP contribution in [0.1, 0.15) is 41.3 Å². The molecule has 0 saturated carbocycles. The van der Waals surface area contributed by atoms with Crippen LogP contribution in [0.25, 0.3) is 0 Å². The molecule has 2 aliphatic rings. The zero-order valence-electron chi connectivity index (χ0n) is 14.8. The standard InChI is InChI=1S/C20H25N3O2/c1-15-13-17(25-21-15)14-22-9-11-23(12-10-22)20(24)19-8-4-6-16-5-2-3-7-18(16)19/h2-3,5,7,13,19H,4,6,8-12,14H2,1H3. The molecule has 2 aromatic rings. The number of aryl methyl sites for hydroxylation is 2. The van der Waals surface area contributed by atoms with Crippen molar-refractivity contribution >= 4 is 5.91 Å². The molecule has 1 unspecified atom stereocenters. The first-order valence-electron chi connectivity index (χ1n) is 9.22. The largest absolute Gasteiger partial charge is 0.360 e. The van der Waals surface area contributed by atoms with Gasteiger partial charge in [-0.05, 0) is 37.3 Å². The summed E-state index contributed by atoms with van der Waals surface area (Å²) in [6.45, 7) is 6.08. The molecule has 0 bridgehead atoms. The Morgan fingerprint density at radius 2 is 2.04 bits per heavy atom. The molecule has 1 aliphatic heterocycles. The third-order valence-electron chi connectivity index (χ3n) is 5.41. The number of amides is 1. The Labute approximate surface area is 148 Å². The van der Waals surface area contributed by atoms with Crippen LogP contribution in [0.3, 0.4) is 0 Å². The summed E-state index contributed by atoms with van der Waals surface area (Å²) in [5, 5.41) is 3.94. The van der Waals surface area contributed by atoms with E-state index in [2.05, 4.69) is 39.2 Å². The first-order chi connectivity index (χ1) is 12.2. The van der Waals surface area contributed by atoms with Crippen molar-refractivity contribution in [3.8, 4) is 0 Å². The number of rotatable bonds is 3. The van der Waals surface area contributed by atoms with Crippen LogP contribution in [0.15, 0.2) is 34.9 Å². The minimum absolute atomic E-state index is 0.0495. The van der Waals surface area contributed by atoms with Gasteiger partial charge in [0, 0.05) is 32.2 Å². The van der Waals surface area contributed by atoms with E-state index < -0.39 is 0 Å². The Hall–Kier alpha value is -2.14. The molecule has 132 valence electrons. The van der Waals surface area contributed by atoms with Crippen molar-refractivity contribution in [1.29, 1.82) is 0 Å². The van der Waals surface area contributed by atoms with Crippen molar-refractivity contribution < 1.29 is 9.32 Å². The SMILES string of the molecule is Cc1cc(CN2CCN(C(=O)C3CCCc4ccccc43)CC2)on1. The van der Waals surface area contributed by atoms with Crippen LogP contribution >= 0.6 is 0 Å². The molecule has 1 saturated heterocycles. The van der Waals surface area contributed by atoms with E-state index in [1.54, 1.807) is 0 Å². The van der Waals surface area contributed by atoms with E-state index in [0.717, 1.165) is 63.4 Å². The van der Waals surface area contributed by atoms with E-state index in [1.807, 2.05) is 13.0 Å². The first-order valence-corrected chi connectivity index (χ1v) is 9.22. The lowest BCUT2D eigenvalue weighted by atomic mass is 9.82. The van der Waals surface area contributed by atoms with Crippen molar-refractivity contribution in [3.05, 3.63) is 52.9 Å². The molecule has 2 heterocycles. The highest BCUT2D eigenvalue weighted by molar-refractivity contribution is 5.84. The number of benzene rings is 1. The van der Waals surface area contributed by atoms with Crippen LogP contribution in [0.5, 0.6) is 0 Å². The highest BCUT2D eigenvalue weighted by Crippen LogP contribution is 2.33. The summed E-state index contributed by atoms with van der Waals surface area (Å²) >= 11 is 0. The molecule has 0 radical (unpaired) electrons. The van der Waals surface area contributed by atoms with Gasteiger partial charge in [-0.25, -0.2) is 0 Å². The smallest absolute Gasteiger partial charge is 0.230 e. The Kier molecular flexibility index (Phi) is 4.57. The fraction of sp³-hybridized carbons (Fsp3) is 0.500. The fourth-order valence-electron chi connectivity index (χ4n) is 4.07. The molecular formula is C20H25N3O2. The van der Waals surface area contributed by atoms with Gasteiger partial charge in [0.15, 0.2) is 5.76 Å². The topological polar surface area (TPSA) is 49.6 Å². The Balaban J connectivity index is 1.37. The quantitative estimate of drug-likeness (QED) is 0.863. The van der Waals surface area contributed by atoms with Gasteiger partial charge in [0.1, 0.15) is 0 Å². The van der Waals surface area contributed by atoms with Gasteiger partial charge in [-0.1, -0.05) is 29.4 Å². The number of hydrogen-bond donors (Lipinski definition) is 0. The van der Waals surface area contributed by atoms with Gasteiger partial charge in [-0.3, -0.25) is 9.69 Å². The highest BCUT2D eigenvalue weighted by Gasteiger charge is 2.31. The van der Waals surface area contributed by atoms with Gasteiger partial charge in [-0.15, -0.1) is 0 Å². The summed E-state index contributed by atoms with van der Waals surface area (Å²) in [6, 6.07) is 10.4. The minimum Gasteiger partial charge on any atom is -0.360 e. The maximum atomic E-state index is 13.1. The highest BCUT2D eigenvalue weighted by atomic mass is 16.5. The number of carbonyl (C=O) groups is 1. The van der Waals surface area contributed by atoms with Crippen LogP contribution in [0.2, 0.25) is 0 Å². The van der Waals surface area contributed by atoms with Gasteiger partial charge >= 0.3 is 0 Å². The summed E-state index contributed by atoms with van der Waals surface area (Å²) in [6.07, 6.45) is 3.19. The average molecular weight is 339 g/mol. The molecule has 1 atom stereocenters. The zero-order chi connectivity index (χ0) is 17.2. The van der Waals surface area contributed by atoms with Crippen molar-refractivity contribution in [2.75, 3.05) is 26.2 Å². The Bertz CT molecular complexity index is 747. The Morgan fingerprint density at radius 1 is 1.24 bits per heavy atom. The van der Waals surface area contributed by atoms with E-state index in [0.29, 0.717) is 5.91 Å². The molecule has 1 aliphatic carbocycles. The van der Waals surface area contributed by atoms with Crippen molar-refractivity contribution in [1.82, 2.24) is 15.0 Å². The molecule has 25 heavy (non-hydrogen) atoms. The van der Waals surface area contributed by atoms with Crippen LogP contribution in [0.4, 0.5) is 0 Å². The molecule has 1 fully saturated rings. The van der Waals surface area contributed by atoms with Crippen LogP contribution in [-0.2, 0) is 17.8 Å². The molecule has 0 N–H and O–H groups in total. The number of hydrogen-bond acceptors (Lipinski definition) is 4. The van der Waals surface area contributed by atoms with Crippen LogP contribution < -0.4 is 0 Å². The molecule has 5 heteroatoms. The molecule has 0 spiro atoms. The normalized spacial score (nSPS) is 21.2. The number of piperazine rings is 1.